The number of aryl methyl sites for hydroxylation is 1. The molecule has 0 spiro atoms. The van der Waals surface area contributed by atoms with Gasteiger partial charge in [-0.25, -0.2) is 4.68 Å². The fourth-order valence-corrected chi connectivity index (χ4v) is 1.33. The van der Waals surface area contributed by atoms with E-state index in [1.165, 1.54) is 10.7 Å². The number of rotatable bonds is 4. The van der Waals surface area contributed by atoms with Crippen LogP contribution in [0.25, 0.3) is 11.5 Å². The molecule has 8 nitrogen and oxygen atoms in total. The number of H-pyrrole nitrogens is 1. The molecule has 2 N–H and O–H groups in total. The van der Waals surface area contributed by atoms with Gasteiger partial charge in [0.2, 0.25) is 5.56 Å². The second-order valence-corrected chi connectivity index (χ2v) is 3.30. The van der Waals surface area contributed by atoms with Crippen LogP contribution in [0.15, 0.2) is 23.0 Å². The fraction of sp³-hybridized carbons (Fsp3) is 0.222. The molecule has 0 amide bonds. The van der Waals surface area contributed by atoms with Gasteiger partial charge in [-0.3, -0.25) is 9.59 Å². The highest BCUT2D eigenvalue weighted by molar-refractivity contribution is 5.66. The summed E-state index contributed by atoms with van der Waals surface area (Å²) in [5.41, 5.74) is 0.183. The molecule has 0 saturated heterocycles. The first-order valence-corrected chi connectivity index (χ1v) is 4.84. The molecule has 0 fully saturated rings. The molecule has 0 atom stereocenters. The van der Waals surface area contributed by atoms with E-state index < -0.39 is 5.97 Å². The molecule has 2 heterocycles. The fourth-order valence-electron chi connectivity index (χ4n) is 1.33. The van der Waals surface area contributed by atoms with Crippen LogP contribution >= 0.6 is 0 Å². The molecule has 0 saturated carbocycles. The van der Waals surface area contributed by atoms with E-state index in [-0.39, 0.29) is 18.5 Å². The molecule has 8 heteroatoms. The Bertz CT molecular complexity index is 588. The Hall–Kier alpha value is -2.51. The number of carbonyl (C=O) groups is 1. The van der Waals surface area contributed by atoms with Gasteiger partial charge in [0.15, 0.2) is 5.82 Å². The molecule has 0 aromatic carbocycles. The number of aromatic nitrogens is 5. The van der Waals surface area contributed by atoms with E-state index in [9.17, 15) is 9.59 Å². The first kappa shape index (κ1) is 11.0. The highest BCUT2D eigenvalue weighted by atomic mass is 16.4. The number of hydrogen-bond donors (Lipinski definition) is 2. The average molecular weight is 235 g/mol. The van der Waals surface area contributed by atoms with Crippen molar-refractivity contribution in [3.8, 4) is 11.5 Å². The molecular weight excluding hydrogens is 226 g/mol. The molecular formula is C9H9N5O3. The Morgan fingerprint density at radius 3 is 3.00 bits per heavy atom. The van der Waals surface area contributed by atoms with Gasteiger partial charge in [0, 0.05) is 6.07 Å². The van der Waals surface area contributed by atoms with E-state index in [1.807, 2.05) is 0 Å². The minimum absolute atomic E-state index is 0.0882. The Labute approximate surface area is 94.9 Å². The van der Waals surface area contributed by atoms with Crippen LogP contribution in [0.1, 0.15) is 6.42 Å². The zero-order valence-electron chi connectivity index (χ0n) is 8.70. The summed E-state index contributed by atoms with van der Waals surface area (Å²) in [6.07, 6.45) is -0.0882. The van der Waals surface area contributed by atoms with Gasteiger partial charge in [0.1, 0.15) is 0 Å². The van der Waals surface area contributed by atoms with Crippen LogP contribution in [0.2, 0.25) is 0 Å². The third-order valence-electron chi connectivity index (χ3n) is 2.08. The van der Waals surface area contributed by atoms with Crippen LogP contribution in [-0.2, 0) is 11.3 Å². The largest absolute Gasteiger partial charge is 0.481 e. The molecule has 0 bridgehead atoms. The van der Waals surface area contributed by atoms with Crippen LogP contribution in [0.3, 0.4) is 0 Å². The number of aliphatic carboxylic acids is 1. The summed E-state index contributed by atoms with van der Waals surface area (Å²) in [4.78, 5) is 24.2. The number of tetrazole rings is 1. The van der Waals surface area contributed by atoms with E-state index in [1.54, 1.807) is 12.1 Å². The van der Waals surface area contributed by atoms with E-state index >= 15 is 0 Å². The lowest BCUT2D eigenvalue weighted by Crippen LogP contribution is -2.10. The first-order valence-electron chi connectivity index (χ1n) is 4.84. The summed E-state index contributed by atoms with van der Waals surface area (Å²) in [5.74, 6) is -0.600. The van der Waals surface area contributed by atoms with Crippen LogP contribution in [0.4, 0.5) is 0 Å². The van der Waals surface area contributed by atoms with Crippen molar-refractivity contribution in [1.29, 1.82) is 0 Å². The van der Waals surface area contributed by atoms with Crippen molar-refractivity contribution in [2.24, 2.45) is 0 Å². The second kappa shape index (κ2) is 4.56. The Morgan fingerprint density at radius 1 is 1.47 bits per heavy atom. The van der Waals surface area contributed by atoms with Gasteiger partial charge in [-0.15, -0.1) is 5.10 Å². The van der Waals surface area contributed by atoms with Gasteiger partial charge in [-0.05, 0) is 16.5 Å². The van der Waals surface area contributed by atoms with Gasteiger partial charge >= 0.3 is 5.97 Å². The van der Waals surface area contributed by atoms with E-state index in [0.717, 1.165) is 0 Å². The normalized spacial score (nSPS) is 10.4. The molecule has 2 aromatic heterocycles. The van der Waals surface area contributed by atoms with E-state index in [4.69, 9.17) is 5.11 Å². The van der Waals surface area contributed by atoms with Crippen molar-refractivity contribution in [2.75, 3.05) is 0 Å². The number of nitrogens with one attached hydrogen (secondary N) is 1. The highest BCUT2D eigenvalue weighted by Crippen LogP contribution is 2.10. The van der Waals surface area contributed by atoms with Crippen LogP contribution in [0.5, 0.6) is 0 Å². The maximum atomic E-state index is 11.1. The quantitative estimate of drug-likeness (QED) is 0.738. The maximum Gasteiger partial charge on any atom is 0.305 e. The predicted octanol–water partition coefficient (Wildman–Crippen LogP) is -0.497. The van der Waals surface area contributed by atoms with E-state index in [0.29, 0.717) is 11.5 Å². The Morgan fingerprint density at radius 2 is 2.29 bits per heavy atom. The molecule has 17 heavy (non-hydrogen) atoms. The Balaban J connectivity index is 2.30. The molecule has 0 unspecified atom stereocenters. The van der Waals surface area contributed by atoms with Crippen molar-refractivity contribution < 1.29 is 9.90 Å². The summed E-state index contributed by atoms with van der Waals surface area (Å²) < 4.78 is 1.33. The zero-order chi connectivity index (χ0) is 12.3. The van der Waals surface area contributed by atoms with E-state index in [2.05, 4.69) is 20.5 Å². The number of hydrogen-bond acceptors (Lipinski definition) is 5. The highest BCUT2D eigenvalue weighted by Gasteiger charge is 2.10. The molecule has 0 aliphatic rings. The number of carboxylic acids is 1. The Kier molecular flexibility index (Phi) is 2.95. The summed E-state index contributed by atoms with van der Waals surface area (Å²) in [6, 6.07) is 4.59. The van der Waals surface area contributed by atoms with Crippen LogP contribution in [0, 0.1) is 0 Å². The molecule has 0 aliphatic heterocycles. The lowest BCUT2D eigenvalue weighted by molar-refractivity contribution is -0.137. The number of carboxylic acid groups (broad SMARTS) is 1. The lowest BCUT2D eigenvalue weighted by atomic mass is 10.3. The SMILES string of the molecule is O=C(O)CCn1nnnc1-c1cccc(=O)[nH]1. The lowest BCUT2D eigenvalue weighted by Gasteiger charge is -2.01. The van der Waals surface area contributed by atoms with Gasteiger partial charge in [0.05, 0.1) is 18.7 Å². The van der Waals surface area contributed by atoms with Crippen molar-refractivity contribution in [1.82, 2.24) is 25.2 Å². The number of nitrogens with zero attached hydrogens (tertiary/aromatic N) is 4. The molecule has 0 radical (unpaired) electrons. The summed E-state index contributed by atoms with van der Waals surface area (Å²) in [7, 11) is 0. The van der Waals surface area contributed by atoms with Gasteiger partial charge in [-0.2, -0.15) is 0 Å². The topological polar surface area (TPSA) is 114 Å². The molecule has 88 valence electrons. The smallest absolute Gasteiger partial charge is 0.305 e. The van der Waals surface area contributed by atoms with Crippen molar-refractivity contribution in [2.45, 2.75) is 13.0 Å². The minimum Gasteiger partial charge on any atom is -0.481 e. The minimum atomic E-state index is -0.937. The maximum absolute atomic E-state index is 11.1. The van der Waals surface area contributed by atoms with Crippen molar-refractivity contribution in [3.05, 3.63) is 28.6 Å². The van der Waals surface area contributed by atoms with Crippen LogP contribution < -0.4 is 5.56 Å². The molecule has 2 aromatic rings. The first-order chi connectivity index (χ1) is 8.16. The number of aromatic amines is 1. The van der Waals surface area contributed by atoms with Gasteiger partial charge in [-0.1, -0.05) is 6.07 Å². The third-order valence-corrected chi connectivity index (χ3v) is 2.08. The van der Waals surface area contributed by atoms with Crippen molar-refractivity contribution >= 4 is 5.97 Å². The van der Waals surface area contributed by atoms with Crippen molar-refractivity contribution in [3.63, 3.8) is 0 Å². The summed E-state index contributed by atoms with van der Waals surface area (Å²) in [5, 5.41) is 19.4. The third kappa shape index (κ3) is 2.54. The average Bonchev–Trinajstić information content (AvgIpc) is 2.74. The molecule has 2 rings (SSSR count). The zero-order valence-corrected chi connectivity index (χ0v) is 8.70. The second-order valence-electron chi connectivity index (χ2n) is 3.30. The van der Waals surface area contributed by atoms with Gasteiger partial charge < -0.3 is 10.1 Å². The summed E-state index contributed by atoms with van der Waals surface area (Å²) in [6.45, 7) is 0.147. The summed E-state index contributed by atoms with van der Waals surface area (Å²) >= 11 is 0. The standard InChI is InChI=1S/C9H9N5O3/c15-7-3-1-2-6(10-7)9-11-12-13-14(9)5-4-8(16)17/h1-3H,4-5H2,(H,10,15)(H,16,17). The van der Waals surface area contributed by atoms with Crippen LogP contribution in [-0.4, -0.2) is 36.3 Å². The molecule has 0 aliphatic carbocycles. The predicted molar refractivity (Wildman–Crippen MR) is 56.1 cm³/mol. The number of pyridine rings is 1. The monoisotopic (exact) mass is 235 g/mol. The van der Waals surface area contributed by atoms with Gasteiger partial charge in [0.25, 0.3) is 0 Å².